The fourth-order valence-corrected chi connectivity index (χ4v) is 13.6. The number of benzene rings is 2. The van der Waals surface area contributed by atoms with Gasteiger partial charge in [-0.25, -0.2) is 9.59 Å². The lowest BCUT2D eigenvalue weighted by atomic mass is 9.71. The molecular formula is C46H68O7Si2. The summed E-state index contributed by atoms with van der Waals surface area (Å²) in [6, 6.07) is 21.1. The summed E-state index contributed by atoms with van der Waals surface area (Å²) in [6.45, 7) is 24.6. The maximum Gasteiger partial charge on any atom is 0.351 e. The maximum absolute atomic E-state index is 14.1. The van der Waals surface area contributed by atoms with Gasteiger partial charge < -0.3 is 23.4 Å². The van der Waals surface area contributed by atoms with E-state index < -0.39 is 45.5 Å². The Morgan fingerprint density at radius 1 is 0.873 bits per heavy atom. The van der Waals surface area contributed by atoms with Crippen LogP contribution >= 0.6 is 0 Å². The lowest BCUT2D eigenvalue weighted by Crippen LogP contribution is -2.66. The van der Waals surface area contributed by atoms with Crippen molar-refractivity contribution in [2.45, 2.75) is 130 Å². The molecule has 4 rings (SSSR count). The van der Waals surface area contributed by atoms with Crippen LogP contribution in [0, 0.1) is 17.3 Å². The van der Waals surface area contributed by atoms with E-state index in [0.29, 0.717) is 13.2 Å². The number of rotatable bonds is 13. The summed E-state index contributed by atoms with van der Waals surface area (Å²) >= 11 is 0. The standard InChI is InChI=1S/C46H68O7Si2/c1-34(32-51-54(11,12)43(3,4)5)28-37-29-36(33-52-55(44(6,7)8,38-22-16-13-17-23-38)39-24-18-14-19-25-39)35(2)31-46(37,42(49)50-10)53-41(48)30-40(47)45(9)26-20-15-21-27-45/h13-14,16-19,22-25,28-30,35,37,47H,15,20-21,26-27,31-33H2,1-12H3/b34-28+,40-30-/t35-,37-,46+/m1/s1. The van der Waals surface area contributed by atoms with E-state index in [9.17, 15) is 14.7 Å². The first-order valence-corrected chi connectivity index (χ1v) is 24.9. The molecule has 9 heteroatoms. The van der Waals surface area contributed by atoms with E-state index in [1.807, 2.05) is 32.1 Å². The topological polar surface area (TPSA) is 91.3 Å². The Balaban J connectivity index is 1.82. The number of hydrogen-bond acceptors (Lipinski definition) is 7. The number of aliphatic hydroxyl groups excluding tert-OH is 1. The number of allylic oxidation sites excluding steroid dienone is 1. The SMILES string of the molecule is COC(=O)[C@]1(OC(=O)/C=C(\O)C2(C)CCCCC2)C[C@@H](C)C(CO[Si](c2ccccc2)(c2ccccc2)C(C)(C)C)=C[C@H]1/C=C(\C)CO[Si](C)(C)C(C)(C)C. The van der Waals surface area contributed by atoms with Crippen LogP contribution in [0.5, 0.6) is 0 Å². The van der Waals surface area contributed by atoms with Gasteiger partial charge in [-0.3, -0.25) is 0 Å². The molecule has 2 aromatic rings. The zero-order chi connectivity index (χ0) is 40.9. The van der Waals surface area contributed by atoms with Gasteiger partial charge in [0.05, 0.1) is 26.4 Å². The van der Waals surface area contributed by atoms with Crippen LogP contribution in [0.2, 0.25) is 23.2 Å². The first kappa shape index (κ1) is 44.5. The van der Waals surface area contributed by atoms with Crippen LogP contribution in [-0.2, 0) is 27.9 Å². The first-order chi connectivity index (χ1) is 25.6. The van der Waals surface area contributed by atoms with Gasteiger partial charge in [-0.15, -0.1) is 0 Å². The third-order valence-electron chi connectivity index (χ3n) is 12.6. The second-order valence-corrected chi connectivity index (χ2v) is 28.0. The number of hydrogen-bond donors (Lipinski definition) is 1. The molecule has 0 radical (unpaired) electrons. The summed E-state index contributed by atoms with van der Waals surface area (Å²) in [7, 11) is -3.64. The van der Waals surface area contributed by atoms with Crippen molar-refractivity contribution in [1.82, 2.24) is 0 Å². The van der Waals surface area contributed by atoms with Crippen molar-refractivity contribution in [3.05, 3.63) is 95.8 Å². The van der Waals surface area contributed by atoms with Gasteiger partial charge in [0.25, 0.3) is 8.32 Å². The zero-order valence-electron chi connectivity index (χ0n) is 35.7. The largest absolute Gasteiger partial charge is 0.511 e. The Morgan fingerprint density at radius 3 is 1.91 bits per heavy atom. The second kappa shape index (κ2) is 17.5. The summed E-state index contributed by atoms with van der Waals surface area (Å²) in [4.78, 5) is 28.0. The predicted octanol–water partition coefficient (Wildman–Crippen LogP) is 9.98. The molecule has 0 aromatic heterocycles. The van der Waals surface area contributed by atoms with Gasteiger partial charge in [0.2, 0.25) is 5.60 Å². The zero-order valence-corrected chi connectivity index (χ0v) is 37.7. The van der Waals surface area contributed by atoms with Crippen LogP contribution in [0.4, 0.5) is 0 Å². The van der Waals surface area contributed by atoms with Gasteiger partial charge in [0.1, 0.15) is 5.76 Å². The first-order valence-electron chi connectivity index (χ1n) is 20.1. The van der Waals surface area contributed by atoms with Crippen LogP contribution in [-0.4, -0.2) is 59.6 Å². The maximum atomic E-state index is 14.1. The van der Waals surface area contributed by atoms with Crippen LogP contribution in [0.25, 0.3) is 0 Å². The van der Waals surface area contributed by atoms with Crippen molar-refractivity contribution in [1.29, 1.82) is 0 Å². The van der Waals surface area contributed by atoms with Gasteiger partial charge >= 0.3 is 11.9 Å². The highest BCUT2D eigenvalue weighted by Gasteiger charge is 2.54. The fourth-order valence-electron chi connectivity index (χ4n) is 8.07. The van der Waals surface area contributed by atoms with E-state index in [1.165, 1.54) is 23.6 Å². The van der Waals surface area contributed by atoms with Crippen molar-refractivity contribution < 1.29 is 33.0 Å². The molecule has 0 amide bonds. The Morgan fingerprint density at radius 2 is 1.42 bits per heavy atom. The summed E-state index contributed by atoms with van der Waals surface area (Å²) in [5.41, 5.74) is -0.228. The fraction of sp³-hybridized carbons (Fsp3) is 0.565. The molecule has 0 unspecified atom stereocenters. The van der Waals surface area contributed by atoms with Gasteiger partial charge in [0, 0.05) is 17.8 Å². The smallest absolute Gasteiger partial charge is 0.351 e. The van der Waals surface area contributed by atoms with Crippen LogP contribution < -0.4 is 10.4 Å². The molecular weight excluding hydrogens is 721 g/mol. The average molecular weight is 789 g/mol. The Kier molecular flexibility index (Phi) is 14.1. The molecule has 2 aromatic carbocycles. The summed E-state index contributed by atoms with van der Waals surface area (Å²) in [6.07, 6.45) is 10.1. The number of ether oxygens (including phenoxy) is 2. The van der Waals surface area contributed by atoms with E-state index in [4.69, 9.17) is 18.3 Å². The number of methoxy groups -OCH3 is 1. The normalized spacial score (nSPS) is 22.8. The Bertz CT molecular complexity index is 1670. The third-order valence-corrected chi connectivity index (χ3v) is 22.1. The summed E-state index contributed by atoms with van der Waals surface area (Å²) in [5.74, 6) is -2.27. The van der Waals surface area contributed by atoms with Crippen LogP contribution in [0.1, 0.15) is 101 Å². The van der Waals surface area contributed by atoms with Crippen molar-refractivity contribution in [3.63, 3.8) is 0 Å². The molecule has 0 saturated heterocycles. The highest BCUT2D eigenvalue weighted by atomic mass is 28.4. The molecule has 1 N–H and O–H groups in total. The lowest BCUT2D eigenvalue weighted by molar-refractivity contribution is -0.184. The van der Waals surface area contributed by atoms with Gasteiger partial charge in [-0.2, -0.15) is 0 Å². The van der Waals surface area contributed by atoms with Crippen molar-refractivity contribution in [2.75, 3.05) is 20.3 Å². The van der Waals surface area contributed by atoms with E-state index in [1.54, 1.807) is 0 Å². The molecule has 302 valence electrons. The van der Waals surface area contributed by atoms with Gasteiger partial charge in [-0.05, 0) is 64.8 Å². The highest BCUT2D eigenvalue weighted by molar-refractivity contribution is 6.99. The third kappa shape index (κ3) is 9.83. The minimum atomic E-state index is -2.89. The molecule has 0 spiro atoms. The molecule has 1 fully saturated rings. The van der Waals surface area contributed by atoms with Crippen molar-refractivity contribution in [2.24, 2.45) is 17.3 Å². The monoisotopic (exact) mass is 788 g/mol. The molecule has 1 saturated carbocycles. The minimum absolute atomic E-state index is 0.00190. The molecule has 0 heterocycles. The molecule has 0 aliphatic heterocycles. The van der Waals surface area contributed by atoms with Gasteiger partial charge in [-0.1, -0.05) is 153 Å². The quantitative estimate of drug-likeness (QED) is 0.0711. The number of aliphatic hydroxyl groups is 1. The second-order valence-electron chi connectivity index (χ2n) is 18.8. The Hall–Kier alpha value is -3.25. The highest BCUT2D eigenvalue weighted by Crippen LogP contribution is 2.45. The minimum Gasteiger partial charge on any atom is -0.511 e. The van der Waals surface area contributed by atoms with E-state index in [2.05, 4.69) is 116 Å². The van der Waals surface area contributed by atoms with Gasteiger partial charge in [0.15, 0.2) is 8.32 Å². The number of carbonyl (C=O) groups excluding carboxylic acids is 2. The van der Waals surface area contributed by atoms with Crippen molar-refractivity contribution >= 4 is 38.9 Å². The van der Waals surface area contributed by atoms with E-state index >= 15 is 0 Å². The molecule has 55 heavy (non-hydrogen) atoms. The molecule has 0 bridgehead atoms. The predicted molar refractivity (Wildman–Crippen MR) is 229 cm³/mol. The van der Waals surface area contributed by atoms with Crippen LogP contribution in [0.15, 0.2) is 95.8 Å². The summed E-state index contributed by atoms with van der Waals surface area (Å²) < 4.78 is 25.8. The molecule has 2 aliphatic carbocycles. The average Bonchev–Trinajstić information content (AvgIpc) is 3.12. The molecule has 2 aliphatic rings. The van der Waals surface area contributed by atoms with Crippen LogP contribution in [0.3, 0.4) is 0 Å². The lowest BCUT2D eigenvalue weighted by Gasteiger charge is -2.45. The number of esters is 2. The van der Waals surface area contributed by atoms with E-state index in [0.717, 1.165) is 43.3 Å². The van der Waals surface area contributed by atoms with E-state index in [-0.39, 0.29) is 28.2 Å². The van der Waals surface area contributed by atoms with Crippen molar-refractivity contribution in [3.8, 4) is 0 Å². The number of carbonyl (C=O) groups is 2. The molecule has 3 atom stereocenters. The molecule has 7 nitrogen and oxygen atoms in total. The summed E-state index contributed by atoms with van der Waals surface area (Å²) in [5, 5.41) is 13.4. The Labute approximate surface area is 333 Å².